The molecule has 0 saturated heterocycles. The van der Waals surface area contributed by atoms with Gasteiger partial charge in [-0.05, 0) is 44.4 Å². The predicted molar refractivity (Wildman–Crippen MR) is 83.2 cm³/mol. The zero-order chi connectivity index (χ0) is 14.7. The number of benzene rings is 1. The molecule has 0 aliphatic heterocycles. The maximum Gasteiger partial charge on any atom is 0.119 e. The Bertz CT molecular complexity index is 589. The lowest BCUT2D eigenvalue weighted by Crippen LogP contribution is -2.25. The molecular weight excluding hydrogens is 262 g/mol. The van der Waals surface area contributed by atoms with Crippen molar-refractivity contribution in [1.29, 1.82) is 0 Å². The van der Waals surface area contributed by atoms with Gasteiger partial charge in [-0.1, -0.05) is 12.1 Å². The minimum absolute atomic E-state index is 0.705. The third kappa shape index (κ3) is 3.64. The molecule has 2 aromatic rings. The molecule has 3 rings (SSSR count). The minimum Gasteiger partial charge on any atom is -0.494 e. The summed E-state index contributed by atoms with van der Waals surface area (Å²) in [4.78, 5) is 10.1. The van der Waals surface area contributed by atoms with E-state index < -0.39 is 0 Å². The predicted octanol–water partition coefficient (Wildman–Crippen LogP) is 3.28. The van der Waals surface area contributed by atoms with Gasteiger partial charge in [0, 0.05) is 24.8 Å². The van der Waals surface area contributed by atoms with Gasteiger partial charge in [0.25, 0.3) is 0 Å². The summed E-state index contributed by atoms with van der Waals surface area (Å²) in [5.74, 6) is 0.960. The van der Waals surface area contributed by atoms with E-state index in [0.717, 1.165) is 24.5 Å². The lowest BCUT2D eigenvalue weighted by Gasteiger charge is -2.21. The van der Waals surface area contributed by atoms with Crippen molar-refractivity contribution < 1.29 is 4.74 Å². The summed E-state index contributed by atoms with van der Waals surface area (Å²) < 4.78 is 5.59. The van der Waals surface area contributed by atoms with Crippen LogP contribution in [-0.4, -0.2) is 27.5 Å². The zero-order valence-corrected chi connectivity index (χ0v) is 12.8. The first kappa shape index (κ1) is 14.1. The Morgan fingerprint density at radius 3 is 2.86 bits per heavy atom. The van der Waals surface area contributed by atoms with E-state index in [9.17, 15) is 0 Å². The van der Waals surface area contributed by atoms with E-state index >= 15 is 0 Å². The van der Waals surface area contributed by atoms with Gasteiger partial charge in [-0.15, -0.1) is 0 Å². The number of aromatic amines is 1. The normalized spacial score (nSPS) is 14.6. The number of imidazole rings is 1. The number of rotatable bonds is 7. The number of hydrogen-bond acceptors (Lipinski definition) is 3. The monoisotopic (exact) mass is 285 g/mol. The lowest BCUT2D eigenvalue weighted by molar-refractivity contribution is 0.242. The fourth-order valence-electron chi connectivity index (χ4n) is 2.63. The molecule has 21 heavy (non-hydrogen) atoms. The maximum absolute atomic E-state index is 5.59. The van der Waals surface area contributed by atoms with Gasteiger partial charge in [-0.25, -0.2) is 4.98 Å². The number of aryl methyl sites for hydroxylation is 1. The summed E-state index contributed by atoms with van der Waals surface area (Å²) >= 11 is 0. The SMILES string of the molecule is CCOc1cccc(CN(Cc2nc[nH]c2C)C2CC2)c1. The molecule has 112 valence electrons. The van der Waals surface area contributed by atoms with Crippen LogP contribution in [-0.2, 0) is 13.1 Å². The fourth-order valence-corrected chi connectivity index (χ4v) is 2.63. The number of nitrogens with zero attached hydrogens (tertiary/aromatic N) is 2. The van der Waals surface area contributed by atoms with Crippen molar-refractivity contribution in [1.82, 2.24) is 14.9 Å². The molecule has 4 heteroatoms. The number of ether oxygens (including phenoxy) is 1. The molecule has 1 aliphatic carbocycles. The highest BCUT2D eigenvalue weighted by Crippen LogP contribution is 2.30. The van der Waals surface area contributed by atoms with Gasteiger partial charge >= 0.3 is 0 Å². The Hall–Kier alpha value is -1.81. The van der Waals surface area contributed by atoms with Crippen LogP contribution in [0.4, 0.5) is 0 Å². The molecule has 0 amide bonds. The molecule has 0 bridgehead atoms. The summed E-state index contributed by atoms with van der Waals surface area (Å²) in [6.07, 6.45) is 4.38. The second-order valence-corrected chi connectivity index (χ2v) is 5.69. The van der Waals surface area contributed by atoms with E-state index in [-0.39, 0.29) is 0 Å². The van der Waals surface area contributed by atoms with Crippen molar-refractivity contribution in [2.24, 2.45) is 0 Å². The highest BCUT2D eigenvalue weighted by Gasteiger charge is 2.29. The van der Waals surface area contributed by atoms with Gasteiger partial charge in [-0.3, -0.25) is 4.90 Å². The van der Waals surface area contributed by atoms with Gasteiger partial charge in [0.2, 0.25) is 0 Å². The highest BCUT2D eigenvalue weighted by atomic mass is 16.5. The molecular formula is C17H23N3O. The summed E-state index contributed by atoms with van der Waals surface area (Å²) in [7, 11) is 0. The third-order valence-corrected chi connectivity index (χ3v) is 3.95. The average Bonchev–Trinajstić information content (AvgIpc) is 3.24. The van der Waals surface area contributed by atoms with Crippen molar-refractivity contribution >= 4 is 0 Å². The van der Waals surface area contributed by atoms with E-state index in [1.165, 1.54) is 24.1 Å². The minimum atomic E-state index is 0.705. The van der Waals surface area contributed by atoms with Crippen LogP contribution < -0.4 is 4.74 Å². The van der Waals surface area contributed by atoms with Crippen LogP contribution in [0.5, 0.6) is 5.75 Å². The summed E-state index contributed by atoms with van der Waals surface area (Å²) in [5, 5.41) is 0. The molecule has 0 unspecified atom stereocenters. The van der Waals surface area contributed by atoms with E-state index in [1.54, 1.807) is 6.33 Å². The maximum atomic E-state index is 5.59. The van der Waals surface area contributed by atoms with E-state index in [0.29, 0.717) is 12.6 Å². The number of aromatic nitrogens is 2. The summed E-state index contributed by atoms with van der Waals surface area (Å²) in [6, 6.07) is 9.13. The Balaban J connectivity index is 1.70. The molecule has 1 fully saturated rings. The molecule has 1 aromatic heterocycles. The van der Waals surface area contributed by atoms with Gasteiger partial charge in [-0.2, -0.15) is 0 Å². The second kappa shape index (κ2) is 6.31. The van der Waals surface area contributed by atoms with Crippen LogP contribution in [0.25, 0.3) is 0 Å². The summed E-state index contributed by atoms with van der Waals surface area (Å²) in [5.41, 5.74) is 3.63. The topological polar surface area (TPSA) is 41.1 Å². The molecule has 0 spiro atoms. The summed E-state index contributed by atoms with van der Waals surface area (Å²) in [6.45, 7) is 6.69. The zero-order valence-electron chi connectivity index (χ0n) is 12.8. The first-order valence-electron chi connectivity index (χ1n) is 7.71. The molecule has 1 aliphatic rings. The van der Waals surface area contributed by atoms with Gasteiger partial charge < -0.3 is 9.72 Å². The Morgan fingerprint density at radius 1 is 1.33 bits per heavy atom. The second-order valence-electron chi connectivity index (χ2n) is 5.69. The highest BCUT2D eigenvalue weighted by molar-refractivity contribution is 5.28. The van der Waals surface area contributed by atoms with Crippen molar-refractivity contribution in [3.63, 3.8) is 0 Å². The van der Waals surface area contributed by atoms with Gasteiger partial charge in [0.05, 0.1) is 18.6 Å². The van der Waals surface area contributed by atoms with Crippen LogP contribution in [0.2, 0.25) is 0 Å². The van der Waals surface area contributed by atoms with Crippen LogP contribution in [0, 0.1) is 6.92 Å². The molecule has 4 nitrogen and oxygen atoms in total. The molecule has 0 atom stereocenters. The van der Waals surface area contributed by atoms with Crippen molar-refractivity contribution in [3.8, 4) is 5.75 Å². The Labute approximate surface area is 126 Å². The van der Waals surface area contributed by atoms with E-state index in [1.807, 2.05) is 13.0 Å². The molecule has 1 saturated carbocycles. The van der Waals surface area contributed by atoms with Crippen LogP contribution in [0.3, 0.4) is 0 Å². The van der Waals surface area contributed by atoms with Crippen LogP contribution in [0.1, 0.15) is 36.7 Å². The number of hydrogen-bond donors (Lipinski definition) is 1. The smallest absolute Gasteiger partial charge is 0.119 e. The molecule has 1 N–H and O–H groups in total. The molecule has 1 heterocycles. The van der Waals surface area contributed by atoms with Crippen LogP contribution >= 0.6 is 0 Å². The van der Waals surface area contributed by atoms with Crippen molar-refractivity contribution in [2.45, 2.75) is 45.8 Å². The standard InChI is InChI=1S/C17H23N3O/c1-3-21-16-6-4-5-14(9-16)10-20(15-7-8-15)11-17-13(2)18-12-19-17/h4-6,9,12,15H,3,7-8,10-11H2,1-2H3,(H,18,19). The largest absolute Gasteiger partial charge is 0.494 e. The average molecular weight is 285 g/mol. The first-order valence-corrected chi connectivity index (χ1v) is 7.71. The van der Waals surface area contributed by atoms with Crippen molar-refractivity contribution in [3.05, 3.63) is 47.5 Å². The van der Waals surface area contributed by atoms with Crippen LogP contribution in [0.15, 0.2) is 30.6 Å². The van der Waals surface area contributed by atoms with E-state index in [4.69, 9.17) is 4.74 Å². The Kier molecular flexibility index (Phi) is 4.25. The number of nitrogens with one attached hydrogen (secondary N) is 1. The third-order valence-electron chi connectivity index (χ3n) is 3.95. The van der Waals surface area contributed by atoms with Crippen molar-refractivity contribution in [2.75, 3.05) is 6.61 Å². The fraction of sp³-hybridized carbons (Fsp3) is 0.471. The van der Waals surface area contributed by atoms with Gasteiger partial charge in [0.1, 0.15) is 5.75 Å². The molecule has 1 aromatic carbocycles. The quantitative estimate of drug-likeness (QED) is 0.848. The first-order chi connectivity index (χ1) is 10.3. The lowest BCUT2D eigenvalue weighted by atomic mass is 10.2. The molecule has 0 radical (unpaired) electrons. The Morgan fingerprint density at radius 2 is 2.19 bits per heavy atom. The van der Waals surface area contributed by atoms with E-state index in [2.05, 4.69) is 40.0 Å². The number of H-pyrrole nitrogens is 1. The van der Waals surface area contributed by atoms with Gasteiger partial charge in [0.15, 0.2) is 0 Å².